The van der Waals surface area contributed by atoms with Crippen molar-refractivity contribution in [1.82, 2.24) is 9.55 Å². The minimum atomic E-state index is -1.06. The Kier molecular flexibility index (Phi) is 4.02. The third kappa shape index (κ3) is 2.52. The summed E-state index contributed by atoms with van der Waals surface area (Å²) in [6.07, 6.45) is 0. The Labute approximate surface area is 159 Å². The summed E-state index contributed by atoms with van der Waals surface area (Å²) in [5, 5.41) is 9.54. The maximum atomic E-state index is 13.0. The van der Waals surface area contributed by atoms with E-state index in [2.05, 4.69) is 11.1 Å². The maximum absolute atomic E-state index is 13.0. The highest BCUT2D eigenvalue weighted by Gasteiger charge is 2.43. The van der Waals surface area contributed by atoms with Crippen molar-refractivity contribution in [1.29, 1.82) is 5.26 Å². The lowest BCUT2D eigenvalue weighted by Gasteiger charge is -2.15. The van der Waals surface area contributed by atoms with E-state index in [1.807, 2.05) is 24.3 Å². The molecule has 3 aromatic rings. The van der Waals surface area contributed by atoms with Gasteiger partial charge in [-0.3, -0.25) is 9.59 Å². The van der Waals surface area contributed by atoms with Crippen LogP contribution in [-0.4, -0.2) is 21.4 Å². The lowest BCUT2D eigenvalue weighted by atomic mass is 9.99. The van der Waals surface area contributed by atoms with Crippen LogP contribution >= 0.6 is 11.6 Å². The average Bonchev–Trinajstić information content (AvgIpc) is 3.13. The van der Waals surface area contributed by atoms with Crippen LogP contribution in [-0.2, 0) is 16.6 Å². The first-order valence-corrected chi connectivity index (χ1v) is 8.57. The van der Waals surface area contributed by atoms with Gasteiger partial charge in [0.15, 0.2) is 0 Å². The topological polar surface area (TPSA) is 79.0 Å². The second-order valence-corrected chi connectivity index (χ2v) is 6.47. The van der Waals surface area contributed by atoms with Crippen molar-refractivity contribution in [2.75, 3.05) is 4.90 Å². The average molecular weight is 377 g/mol. The molecular formula is C20H13ClN4O2. The molecule has 27 heavy (non-hydrogen) atoms. The molecule has 0 bridgehead atoms. The fourth-order valence-corrected chi connectivity index (χ4v) is 3.53. The number of imidazole rings is 1. The van der Waals surface area contributed by atoms with Crippen molar-refractivity contribution in [3.8, 4) is 6.07 Å². The third-order valence-electron chi connectivity index (χ3n) is 4.57. The molecule has 1 aliphatic rings. The number of nitrogens with zero attached hydrogens (tertiary/aromatic N) is 4. The minimum absolute atomic E-state index is 0.0496. The number of carbonyl (C=O) groups is 2. The van der Waals surface area contributed by atoms with Gasteiger partial charge >= 0.3 is 0 Å². The number of imide groups is 1. The Morgan fingerprint density at radius 2 is 1.70 bits per heavy atom. The van der Waals surface area contributed by atoms with Gasteiger partial charge in [-0.2, -0.15) is 5.26 Å². The quantitative estimate of drug-likeness (QED) is 0.657. The number of hydrogen-bond donors (Lipinski definition) is 0. The summed E-state index contributed by atoms with van der Waals surface area (Å²) in [5.41, 5.74) is 1.87. The molecule has 1 aromatic heterocycles. The van der Waals surface area contributed by atoms with Gasteiger partial charge in [-0.05, 0) is 24.3 Å². The number of amides is 2. The van der Waals surface area contributed by atoms with E-state index in [-0.39, 0.29) is 10.6 Å². The molecule has 2 heterocycles. The normalized spacial score (nSPS) is 15.5. The van der Waals surface area contributed by atoms with Crippen molar-refractivity contribution in [2.45, 2.75) is 5.92 Å². The van der Waals surface area contributed by atoms with E-state index in [9.17, 15) is 14.9 Å². The fraction of sp³-hybridized carbons (Fsp3) is 0.100. The van der Waals surface area contributed by atoms with Crippen LogP contribution in [0.15, 0.2) is 65.2 Å². The summed E-state index contributed by atoms with van der Waals surface area (Å²) >= 11 is 6.22. The van der Waals surface area contributed by atoms with Crippen LogP contribution in [0.4, 0.5) is 5.69 Å². The van der Waals surface area contributed by atoms with Gasteiger partial charge in [0.05, 0.1) is 28.4 Å². The highest BCUT2D eigenvalue weighted by Crippen LogP contribution is 2.37. The Morgan fingerprint density at radius 3 is 2.37 bits per heavy atom. The molecule has 0 radical (unpaired) electrons. The SMILES string of the molecule is Cn1c(C(C#N)C2=C(Cl)C(=O)N(c3ccccc3)C2=O)nc2ccccc21. The van der Waals surface area contributed by atoms with Crippen molar-refractivity contribution >= 4 is 40.1 Å². The van der Waals surface area contributed by atoms with E-state index in [1.54, 1.807) is 41.9 Å². The molecule has 7 heteroatoms. The molecule has 0 saturated carbocycles. The molecule has 2 aromatic carbocycles. The Hall–Kier alpha value is -3.43. The Balaban J connectivity index is 1.83. The zero-order valence-electron chi connectivity index (χ0n) is 14.3. The number of halogens is 1. The van der Waals surface area contributed by atoms with Crippen LogP contribution in [0.5, 0.6) is 0 Å². The van der Waals surface area contributed by atoms with Gasteiger partial charge in [0.25, 0.3) is 11.8 Å². The van der Waals surface area contributed by atoms with Gasteiger partial charge in [-0.15, -0.1) is 0 Å². The summed E-state index contributed by atoms with van der Waals surface area (Å²) in [7, 11) is 1.76. The van der Waals surface area contributed by atoms with Crippen molar-refractivity contribution in [3.63, 3.8) is 0 Å². The van der Waals surface area contributed by atoms with Crippen LogP contribution in [0.25, 0.3) is 11.0 Å². The lowest BCUT2D eigenvalue weighted by molar-refractivity contribution is -0.120. The summed E-state index contributed by atoms with van der Waals surface area (Å²) in [6, 6.07) is 18.0. The van der Waals surface area contributed by atoms with Crippen LogP contribution in [0.3, 0.4) is 0 Å². The molecule has 0 fully saturated rings. The highest BCUT2D eigenvalue weighted by atomic mass is 35.5. The number of aromatic nitrogens is 2. The second-order valence-electron chi connectivity index (χ2n) is 6.09. The zero-order valence-corrected chi connectivity index (χ0v) is 15.0. The van der Waals surface area contributed by atoms with Gasteiger partial charge < -0.3 is 4.57 Å². The second kappa shape index (κ2) is 6.38. The number of anilines is 1. The van der Waals surface area contributed by atoms with Crippen LogP contribution in [0.1, 0.15) is 11.7 Å². The molecule has 1 aliphatic heterocycles. The number of rotatable bonds is 3. The van der Waals surface area contributed by atoms with Gasteiger partial charge in [0.1, 0.15) is 16.8 Å². The molecule has 1 atom stereocenters. The van der Waals surface area contributed by atoms with E-state index >= 15 is 0 Å². The summed E-state index contributed by atoms with van der Waals surface area (Å²) < 4.78 is 1.74. The third-order valence-corrected chi connectivity index (χ3v) is 4.94. The number of para-hydroxylation sites is 3. The van der Waals surface area contributed by atoms with Crippen LogP contribution in [0, 0.1) is 11.3 Å². The summed E-state index contributed by atoms with van der Waals surface area (Å²) in [4.78, 5) is 31.1. The predicted molar refractivity (Wildman–Crippen MR) is 101 cm³/mol. The molecule has 2 amide bonds. The summed E-state index contributed by atoms with van der Waals surface area (Å²) in [5.74, 6) is -1.93. The Bertz CT molecular complexity index is 1160. The first-order chi connectivity index (χ1) is 13.0. The minimum Gasteiger partial charge on any atom is -0.330 e. The van der Waals surface area contributed by atoms with Gasteiger partial charge in [-0.25, -0.2) is 9.88 Å². The highest BCUT2D eigenvalue weighted by molar-refractivity contribution is 6.53. The van der Waals surface area contributed by atoms with Crippen molar-refractivity contribution < 1.29 is 9.59 Å². The maximum Gasteiger partial charge on any atom is 0.277 e. The fourth-order valence-electron chi connectivity index (χ4n) is 3.26. The molecule has 0 N–H and O–H groups in total. The number of fused-ring (bicyclic) bond motifs is 1. The van der Waals surface area contributed by atoms with Crippen LogP contribution < -0.4 is 4.90 Å². The van der Waals surface area contributed by atoms with E-state index in [1.165, 1.54) is 0 Å². The molecule has 0 saturated heterocycles. The lowest BCUT2D eigenvalue weighted by Crippen LogP contribution is -2.32. The molecule has 1 unspecified atom stereocenters. The van der Waals surface area contributed by atoms with Gasteiger partial charge in [-0.1, -0.05) is 41.9 Å². The van der Waals surface area contributed by atoms with Gasteiger partial charge in [0.2, 0.25) is 0 Å². The number of nitriles is 1. The van der Waals surface area contributed by atoms with Crippen molar-refractivity contribution in [2.24, 2.45) is 7.05 Å². The number of aryl methyl sites for hydroxylation is 1. The zero-order chi connectivity index (χ0) is 19.1. The van der Waals surface area contributed by atoms with Crippen LogP contribution in [0.2, 0.25) is 0 Å². The van der Waals surface area contributed by atoms with Gasteiger partial charge in [0, 0.05) is 7.05 Å². The molecular weight excluding hydrogens is 364 g/mol. The van der Waals surface area contributed by atoms with E-state index < -0.39 is 17.7 Å². The number of benzene rings is 2. The largest absolute Gasteiger partial charge is 0.330 e. The standard InChI is InChI=1S/C20H13ClN4O2/c1-24-15-10-6-5-9-14(15)23-18(24)13(11-22)16-17(21)20(27)25(19(16)26)12-7-3-2-4-8-12/h2-10,13H,1H3. The smallest absolute Gasteiger partial charge is 0.277 e. The molecule has 0 spiro atoms. The number of hydrogen-bond acceptors (Lipinski definition) is 4. The monoisotopic (exact) mass is 376 g/mol. The van der Waals surface area contributed by atoms with E-state index in [4.69, 9.17) is 11.6 Å². The molecule has 0 aliphatic carbocycles. The summed E-state index contributed by atoms with van der Waals surface area (Å²) in [6.45, 7) is 0. The van der Waals surface area contributed by atoms with E-state index in [0.29, 0.717) is 17.0 Å². The molecule has 132 valence electrons. The molecule has 4 rings (SSSR count). The first-order valence-electron chi connectivity index (χ1n) is 8.19. The first kappa shape index (κ1) is 17.0. The van der Waals surface area contributed by atoms with E-state index in [0.717, 1.165) is 10.4 Å². The number of carbonyl (C=O) groups excluding carboxylic acids is 2. The van der Waals surface area contributed by atoms with Crippen molar-refractivity contribution in [3.05, 3.63) is 71.0 Å². The molecule has 6 nitrogen and oxygen atoms in total. The predicted octanol–water partition coefficient (Wildman–Crippen LogP) is 3.25. The Morgan fingerprint density at radius 1 is 1.04 bits per heavy atom.